The van der Waals surface area contributed by atoms with Gasteiger partial charge < -0.3 is 4.74 Å². The summed E-state index contributed by atoms with van der Waals surface area (Å²) in [6.07, 6.45) is -0.475. The van der Waals surface area contributed by atoms with E-state index in [0.29, 0.717) is 0 Å². The van der Waals surface area contributed by atoms with Crippen LogP contribution in [0.5, 0.6) is 0 Å². The Morgan fingerprint density at radius 1 is 1.10 bits per heavy atom. The molecule has 0 aromatic heterocycles. The molecule has 0 atom stereocenters. The number of hydrazine groups is 1. The number of hydrogen-bond acceptors (Lipinski definition) is 3. The lowest BCUT2D eigenvalue weighted by atomic mass is 10.2. The highest BCUT2D eigenvalue weighted by molar-refractivity contribution is 5.70. The number of carbonyl (C=O) groups excluding carboxylic acids is 1. The van der Waals surface area contributed by atoms with Crippen molar-refractivity contribution < 1.29 is 9.53 Å². The Labute approximate surface area is 119 Å². The van der Waals surface area contributed by atoms with Crippen molar-refractivity contribution in [2.75, 3.05) is 12.1 Å². The van der Waals surface area contributed by atoms with Crippen molar-refractivity contribution in [1.29, 1.82) is 0 Å². The zero-order valence-corrected chi connectivity index (χ0v) is 11.7. The van der Waals surface area contributed by atoms with Gasteiger partial charge >= 0.3 is 6.09 Å². The smallest absolute Gasteiger partial charge is 0.426 e. The standard InChI is InChI=1S/C16H18N2O2/c1-13-8-10-15(11-9-13)18(2)17-16(19)20-12-14-6-4-3-5-7-14/h3-11H,12H2,1-2H3,(H,17,19). The number of ether oxygens (including phenoxy) is 1. The van der Waals surface area contributed by atoms with Gasteiger partial charge in [-0.1, -0.05) is 48.0 Å². The van der Waals surface area contributed by atoms with E-state index in [1.807, 2.05) is 61.5 Å². The molecule has 0 heterocycles. The van der Waals surface area contributed by atoms with Gasteiger partial charge in [-0.3, -0.25) is 5.01 Å². The average molecular weight is 270 g/mol. The predicted molar refractivity (Wildman–Crippen MR) is 79.3 cm³/mol. The first kappa shape index (κ1) is 13.9. The molecule has 0 radical (unpaired) electrons. The van der Waals surface area contributed by atoms with Crippen molar-refractivity contribution in [3.05, 3.63) is 65.7 Å². The molecule has 20 heavy (non-hydrogen) atoms. The largest absolute Gasteiger partial charge is 0.443 e. The quantitative estimate of drug-likeness (QED) is 0.867. The molecule has 0 unspecified atom stereocenters. The van der Waals surface area contributed by atoms with Gasteiger partial charge in [-0.15, -0.1) is 0 Å². The monoisotopic (exact) mass is 270 g/mol. The predicted octanol–water partition coefficient (Wildman–Crippen LogP) is 3.27. The summed E-state index contributed by atoms with van der Waals surface area (Å²) in [6, 6.07) is 17.4. The van der Waals surface area contributed by atoms with Crippen LogP contribution in [0.2, 0.25) is 0 Å². The van der Waals surface area contributed by atoms with Crippen LogP contribution >= 0.6 is 0 Å². The Hall–Kier alpha value is -2.49. The normalized spacial score (nSPS) is 9.90. The molecule has 0 saturated heterocycles. The summed E-state index contributed by atoms with van der Waals surface area (Å²) >= 11 is 0. The van der Waals surface area contributed by atoms with E-state index in [9.17, 15) is 4.79 Å². The first-order valence-corrected chi connectivity index (χ1v) is 6.43. The molecule has 1 N–H and O–H groups in total. The number of hydrogen-bond donors (Lipinski definition) is 1. The molecule has 0 spiro atoms. The first-order valence-electron chi connectivity index (χ1n) is 6.43. The third-order valence-electron chi connectivity index (χ3n) is 2.89. The zero-order chi connectivity index (χ0) is 14.4. The van der Waals surface area contributed by atoms with Crippen molar-refractivity contribution in [2.24, 2.45) is 0 Å². The Morgan fingerprint density at radius 2 is 1.75 bits per heavy atom. The molecule has 1 amide bonds. The van der Waals surface area contributed by atoms with Crippen LogP contribution in [-0.4, -0.2) is 13.1 Å². The van der Waals surface area contributed by atoms with Gasteiger partial charge in [-0.05, 0) is 24.6 Å². The van der Waals surface area contributed by atoms with Crippen LogP contribution in [0.4, 0.5) is 10.5 Å². The molecular formula is C16H18N2O2. The third kappa shape index (κ3) is 4.02. The lowest BCUT2D eigenvalue weighted by Crippen LogP contribution is -2.39. The van der Waals surface area contributed by atoms with Crippen molar-refractivity contribution in [3.63, 3.8) is 0 Å². The van der Waals surface area contributed by atoms with Crippen molar-refractivity contribution >= 4 is 11.8 Å². The fourth-order valence-corrected chi connectivity index (χ4v) is 1.73. The maximum Gasteiger partial charge on any atom is 0.426 e. The summed E-state index contributed by atoms with van der Waals surface area (Å²) in [5.74, 6) is 0. The van der Waals surface area contributed by atoms with Crippen LogP contribution in [0.15, 0.2) is 54.6 Å². The van der Waals surface area contributed by atoms with Crippen LogP contribution in [0, 0.1) is 6.92 Å². The van der Waals surface area contributed by atoms with E-state index in [2.05, 4.69) is 5.43 Å². The maximum absolute atomic E-state index is 11.7. The second-order valence-corrected chi connectivity index (χ2v) is 4.57. The highest BCUT2D eigenvalue weighted by atomic mass is 16.6. The summed E-state index contributed by atoms with van der Waals surface area (Å²) in [5, 5.41) is 1.63. The number of aryl methyl sites for hydroxylation is 1. The molecule has 0 bridgehead atoms. The zero-order valence-electron chi connectivity index (χ0n) is 11.7. The maximum atomic E-state index is 11.7. The third-order valence-corrected chi connectivity index (χ3v) is 2.89. The molecule has 0 aliphatic rings. The number of carbonyl (C=O) groups is 1. The summed E-state index contributed by atoms with van der Waals surface area (Å²) in [5.41, 5.74) is 5.69. The number of anilines is 1. The van der Waals surface area contributed by atoms with Gasteiger partial charge in [0.15, 0.2) is 0 Å². The van der Waals surface area contributed by atoms with Gasteiger partial charge in [0, 0.05) is 7.05 Å². The Bertz CT molecular complexity index is 552. The fraction of sp³-hybridized carbons (Fsp3) is 0.188. The van der Waals surface area contributed by atoms with Gasteiger partial charge in [0.2, 0.25) is 0 Å². The number of amides is 1. The summed E-state index contributed by atoms with van der Waals surface area (Å²) < 4.78 is 5.15. The van der Waals surface area contributed by atoms with E-state index in [4.69, 9.17) is 4.74 Å². The molecule has 4 heteroatoms. The lowest BCUT2D eigenvalue weighted by molar-refractivity contribution is 0.139. The minimum atomic E-state index is -0.475. The molecule has 0 fully saturated rings. The lowest BCUT2D eigenvalue weighted by Gasteiger charge is -2.20. The first-order chi connectivity index (χ1) is 9.65. The van der Waals surface area contributed by atoms with Crippen molar-refractivity contribution in [3.8, 4) is 0 Å². The second kappa shape index (κ2) is 6.61. The van der Waals surface area contributed by atoms with Crippen LogP contribution in [-0.2, 0) is 11.3 Å². The molecular weight excluding hydrogens is 252 g/mol. The minimum absolute atomic E-state index is 0.258. The molecule has 4 nitrogen and oxygen atoms in total. The van der Waals surface area contributed by atoms with Crippen molar-refractivity contribution in [1.82, 2.24) is 5.43 Å². The van der Waals surface area contributed by atoms with Crippen molar-refractivity contribution in [2.45, 2.75) is 13.5 Å². The Balaban J connectivity index is 1.83. The summed E-state index contributed by atoms with van der Waals surface area (Å²) in [7, 11) is 1.77. The highest BCUT2D eigenvalue weighted by Gasteiger charge is 2.06. The molecule has 0 aliphatic heterocycles. The SMILES string of the molecule is Cc1ccc(N(C)NC(=O)OCc2ccccc2)cc1. The Kier molecular flexibility index (Phi) is 4.60. The van der Waals surface area contributed by atoms with Crippen LogP contribution in [0.3, 0.4) is 0 Å². The van der Waals surface area contributed by atoms with Gasteiger partial charge in [0.1, 0.15) is 6.61 Å². The van der Waals surface area contributed by atoms with E-state index < -0.39 is 6.09 Å². The summed E-state index contributed by atoms with van der Waals surface area (Å²) in [6.45, 7) is 2.28. The molecule has 0 aliphatic carbocycles. The number of nitrogens with zero attached hydrogens (tertiary/aromatic N) is 1. The topological polar surface area (TPSA) is 41.6 Å². The minimum Gasteiger partial charge on any atom is -0.443 e. The number of nitrogens with one attached hydrogen (secondary N) is 1. The second-order valence-electron chi connectivity index (χ2n) is 4.57. The molecule has 2 aromatic carbocycles. The van der Waals surface area contributed by atoms with E-state index >= 15 is 0 Å². The highest BCUT2D eigenvalue weighted by Crippen LogP contribution is 2.11. The molecule has 2 rings (SSSR count). The van der Waals surface area contributed by atoms with Crippen LogP contribution < -0.4 is 10.4 Å². The number of rotatable bonds is 4. The van der Waals surface area contributed by atoms with Gasteiger partial charge in [0.25, 0.3) is 0 Å². The van der Waals surface area contributed by atoms with E-state index in [-0.39, 0.29) is 6.61 Å². The Morgan fingerprint density at radius 3 is 2.40 bits per heavy atom. The summed E-state index contributed by atoms with van der Waals surface area (Å²) in [4.78, 5) is 11.7. The van der Waals surface area contributed by atoms with E-state index in [1.165, 1.54) is 5.56 Å². The average Bonchev–Trinajstić information content (AvgIpc) is 2.47. The van der Waals surface area contributed by atoms with E-state index in [0.717, 1.165) is 11.3 Å². The molecule has 2 aromatic rings. The van der Waals surface area contributed by atoms with E-state index in [1.54, 1.807) is 12.1 Å². The van der Waals surface area contributed by atoms with Crippen LogP contribution in [0.1, 0.15) is 11.1 Å². The van der Waals surface area contributed by atoms with Gasteiger partial charge in [0.05, 0.1) is 5.69 Å². The molecule has 104 valence electrons. The number of benzene rings is 2. The van der Waals surface area contributed by atoms with Gasteiger partial charge in [-0.2, -0.15) is 0 Å². The van der Waals surface area contributed by atoms with Gasteiger partial charge in [-0.25, -0.2) is 10.2 Å². The molecule has 0 saturated carbocycles. The van der Waals surface area contributed by atoms with Crippen LogP contribution in [0.25, 0.3) is 0 Å². The fourth-order valence-electron chi connectivity index (χ4n) is 1.73.